The van der Waals surface area contributed by atoms with Crippen LogP contribution in [-0.4, -0.2) is 37.2 Å². The van der Waals surface area contributed by atoms with Gasteiger partial charge in [-0.2, -0.15) is 0 Å². The fraction of sp³-hybridized carbons (Fsp3) is 0.923. The maximum atomic E-state index is 12.4. The molecule has 0 amide bonds. The zero-order valence-electron chi connectivity index (χ0n) is 30.3. The summed E-state index contributed by atoms with van der Waals surface area (Å²) in [5.74, 6) is -0.0629. The molecule has 6 nitrogen and oxygen atoms in total. The van der Waals surface area contributed by atoms with Crippen molar-refractivity contribution in [3.05, 3.63) is 0 Å². The van der Waals surface area contributed by atoms with Crippen LogP contribution in [0.3, 0.4) is 0 Å². The normalized spacial score (nSPS) is 11.9. The van der Waals surface area contributed by atoms with Gasteiger partial charge >= 0.3 is 17.9 Å². The Kier molecular flexibility index (Phi) is 32.6. The highest BCUT2D eigenvalue weighted by molar-refractivity contribution is 5.71. The molecule has 0 saturated carbocycles. The van der Waals surface area contributed by atoms with Gasteiger partial charge in [-0.3, -0.25) is 14.4 Å². The molecule has 6 heteroatoms. The number of hydrogen-bond acceptors (Lipinski definition) is 6. The standard InChI is InChI=1S/C39H74O6/c1-5-7-9-11-12-15-19-23-26-30-37(40)43-33-36(45-39(42)32-28-21-10-8-6-2)34-44-38(41)31-27-24-20-17-14-13-16-18-22-25-29-35(3)4/h35-36H,5-34H2,1-4H3/t36-/m0/s1. The van der Waals surface area contributed by atoms with Gasteiger partial charge in [0, 0.05) is 19.3 Å². The lowest BCUT2D eigenvalue weighted by molar-refractivity contribution is -0.167. The number of ether oxygens (including phenoxy) is 3. The lowest BCUT2D eigenvalue weighted by Crippen LogP contribution is -2.30. The van der Waals surface area contributed by atoms with Crippen LogP contribution in [0.2, 0.25) is 0 Å². The number of rotatable bonds is 34. The summed E-state index contributed by atoms with van der Waals surface area (Å²) in [6.07, 6.45) is 29.8. The Hall–Kier alpha value is -1.59. The van der Waals surface area contributed by atoms with Crippen LogP contribution in [0.5, 0.6) is 0 Å². The molecule has 0 radical (unpaired) electrons. The van der Waals surface area contributed by atoms with Gasteiger partial charge in [0.2, 0.25) is 0 Å². The van der Waals surface area contributed by atoms with Crippen LogP contribution in [0.1, 0.15) is 207 Å². The minimum absolute atomic E-state index is 0.0666. The molecule has 0 spiro atoms. The Morgan fingerprint density at radius 1 is 0.422 bits per heavy atom. The highest BCUT2D eigenvalue weighted by Crippen LogP contribution is 2.15. The highest BCUT2D eigenvalue weighted by atomic mass is 16.6. The van der Waals surface area contributed by atoms with E-state index in [0.717, 1.165) is 70.1 Å². The average Bonchev–Trinajstić information content (AvgIpc) is 3.01. The van der Waals surface area contributed by atoms with Crippen molar-refractivity contribution >= 4 is 17.9 Å². The second-order valence-corrected chi connectivity index (χ2v) is 13.7. The minimum Gasteiger partial charge on any atom is -0.462 e. The lowest BCUT2D eigenvalue weighted by Gasteiger charge is -2.18. The Labute approximate surface area is 278 Å². The van der Waals surface area contributed by atoms with Crippen LogP contribution in [0.15, 0.2) is 0 Å². The Bertz CT molecular complexity index is 676. The van der Waals surface area contributed by atoms with Crippen molar-refractivity contribution in [2.45, 2.75) is 214 Å². The first-order valence-corrected chi connectivity index (χ1v) is 19.4. The van der Waals surface area contributed by atoms with E-state index in [2.05, 4.69) is 27.7 Å². The molecule has 1 atom stereocenters. The van der Waals surface area contributed by atoms with E-state index in [0.29, 0.717) is 19.3 Å². The molecular formula is C39H74O6. The van der Waals surface area contributed by atoms with Gasteiger partial charge in [-0.15, -0.1) is 0 Å². The Morgan fingerprint density at radius 3 is 1.09 bits per heavy atom. The molecule has 0 aliphatic heterocycles. The molecule has 0 rings (SSSR count). The molecule has 0 aliphatic rings. The smallest absolute Gasteiger partial charge is 0.306 e. The van der Waals surface area contributed by atoms with E-state index in [-0.39, 0.29) is 31.1 Å². The largest absolute Gasteiger partial charge is 0.462 e. The Balaban J connectivity index is 4.21. The molecule has 0 aromatic rings. The lowest BCUT2D eigenvalue weighted by atomic mass is 10.0. The quantitative estimate of drug-likeness (QED) is 0.0396. The van der Waals surface area contributed by atoms with Crippen LogP contribution in [0.4, 0.5) is 0 Å². The third kappa shape index (κ3) is 33.6. The molecule has 0 heterocycles. The van der Waals surface area contributed by atoms with Crippen LogP contribution in [-0.2, 0) is 28.6 Å². The van der Waals surface area contributed by atoms with Crippen LogP contribution in [0, 0.1) is 5.92 Å². The zero-order chi connectivity index (χ0) is 33.2. The van der Waals surface area contributed by atoms with E-state index >= 15 is 0 Å². The Morgan fingerprint density at radius 2 is 0.733 bits per heavy atom. The van der Waals surface area contributed by atoms with Gasteiger partial charge in [0.15, 0.2) is 6.10 Å². The number of carbonyl (C=O) groups is 3. The summed E-state index contributed by atoms with van der Waals surface area (Å²) in [6.45, 7) is 8.85. The molecule has 0 aromatic heterocycles. The van der Waals surface area contributed by atoms with Crippen LogP contribution < -0.4 is 0 Å². The van der Waals surface area contributed by atoms with Crippen molar-refractivity contribution in [1.29, 1.82) is 0 Å². The summed E-state index contributed by atoms with van der Waals surface area (Å²) in [5.41, 5.74) is 0. The third-order valence-corrected chi connectivity index (χ3v) is 8.54. The topological polar surface area (TPSA) is 78.9 Å². The maximum Gasteiger partial charge on any atom is 0.306 e. The maximum absolute atomic E-state index is 12.4. The second-order valence-electron chi connectivity index (χ2n) is 13.7. The SMILES string of the molecule is CCCCCCCCCCCC(=O)OC[C@@H](COC(=O)CCCCCCCCCCCCC(C)C)OC(=O)CCCCCCC. The van der Waals surface area contributed by atoms with E-state index in [9.17, 15) is 14.4 Å². The van der Waals surface area contributed by atoms with Gasteiger partial charge in [-0.1, -0.05) is 169 Å². The fourth-order valence-corrected chi connectivity index (χ4v) is 5.57. The summed E-state index contributed by atoms with van der Waals surface area (Å²) < 4.78 is 16.5. The van der Waals surface area contributed by atoms with Crippen molar-refractivity contribution in [1.82, 2.24) is 0 Å². The van der Waals surface area contributed by atoms with Gasteiger partial charge in [0.05, 0.1) is 0 Å². The van der Waals surface area contributed by atoms with E-state index in [4.69, 9.17) is 14.2 Å². The van der Waals surface area contributed by atoms with Gasteiger partial charge in [0.25, 0.3) is 0 Å². The first kappa shape index (κ1) is 43.4. The monoisotopic (exact) mass is 639 g/mol. The molecule has 0 aromatic carbocycles. The molecule has 0 fully saturated rings. The molecule has 0 unspecified atom stereocenters. The summed E-state index contributed by atoms with van der Waals surface area (Å²) in [4.78, 5) is 37.1. The molecule has 0 bridgehead atoms. The average molecular weight is 639 g/mol. The van der Waals surface area contributed by atoms with Gasteiger partial charge in [0.1, 0.15) is 13.2 Å². The molecule has 0 saturated heterocycles. The van der Waals surface area contributed by atoms with Crippen molar-refractivity contribution < 1.29 is 28.6 Å². The molecule has 45 heavy (non-hydrogen) atoms. The molecule has 0 N–H and O–H groups in total. The van der Waals surface area contributed by atoms with E-state index in [1.807, 2.05) is 0 Å². The van der Waals surface area contributed by atoms with Crippen molar-refractivity contribution in [3.63, 3.8) is 0 Å². The van der Waals surface area contributed by atoms with Crippen LogP contribution in [0.25, 0.3) is 0 Å². The number of unbranched alkanes of at least 4 members (excludes halogenated alkanes) is 21. The van der Waals surface area contributed by atoms with Gasteiger partial charge in [-0.25, -0.2) is 0 Å². The molecule has 0 aliphatic carbocycles. The summed E-state index contributed by atoms with van der Waals surface area (Å²) in [6, 6.07) is 0. The number of carbonyl (C=O) groups excluding carboxylic acids is 3. The summed E-state index contributed by atoms with van der Waals surface area (Å²) >= 11 is 0. The third-order valence-electron chi connectivity index (χ3n) is 8.54. The summed E-state index contributed by atoms with van der Waals surface area (Å²) in [7, 11) is 0. The van der Waals surface area contributed by atoms with E-state index < -0.39 is 6.10 Å². The number of esters is 3. The molecular weight excluding hydrogens is 564 g/mol. The zero-order valence-corrected chi connectivity index (χ0v) is 30.3. The first-order valence-electron chi connectivity index (χ1n) is 19.4. The highest BCUT2D eigenvalue weighted by Gasteiger charge is 2.19. The fourth-order valence-electron chi connectivity index (χ4n) is 5.57. The van der Waals surface area contributed by atoms with Crippen LogP contribution >= 0.6 is 0 Å². The first-order chi connectivity index (χ1) is 21.9. The minimum atomic E-state index is -0.755. The second kappa shape index (κ2) is 33.8. The van der Waals surface area contributed by atoms with E-state index in [1.54, 1.807) is 0 Å². The predicted molar refractivity (Wildman–Crippen MR) is 187 cm³/mol. The van der Waals surface area contributed by atoms with Gasteiger partial charge < -0.3 is 14.2 Å². The predicted octanol–water partition coefficient (Wildman–Crippen LogP) is 11.6. The van der Waals surface area contributed by atoms with Gasteiger partial charge in [-0.05, 0) is 25.2 Å². The van der Waals surface area contributed by atoms with Crippen molar-refractivity contribution in [2.75, 3.05) is 13.2 Å². The summed E-state index contributed by atoms with van der Waals surface area (Å²) in [5, 5.41) is 0. The van der Waals surface area contributed by atoms with Crippen molar-refractivity contribution in [3.8, 4) is 0 Å². The van der Waals surface area contributed by atoms with Crippen molar-refractivity contribution in [2.24, 2.45) is 5.92 Å². The van der Waals surface area contributed by atoms with E-state index in [1.165, 1.54) is 96.3 Å². The number of hydrogen-bond donors (Lipinski definition) is 0. The molecule has 266 valence electrons.